The van der Waals surface area contributed by atoms with Crippen LogP contribution < -0.4 is 26.2 Å². The lowest BCUT2D eigenvalue weighted by Gasteiger charge is -2.41. The van der Waals surface area contributed by atoms with E-state index in [1.54, 1.807) is 40.8 Å². The zero-order valence-corrected chi connectivity index (χ0v) is 49.0. The Bertz CT molecular complexity index is 2480. The van der Waals surface area contributed by atoms with E-state index in [2.05, 4.69) is 21.3 Å². The SMILES string of the molecule is CCC(=O)NC(CCCCNC(=O)C1CCC(CNC(=O)C(CC(=O)O)SCCC(=O)N(C)[C@@H](C)C(=O)O[C@H]2CC(=O)N(C)c3cc(cc(C)c3Cl)C/C(C)=C/C=C/[C@@H](C)[C@@]3(O)CC(OC(=O)N3)[C@@H](C)[C@@H]3O[C@@]23C)CC1)C(C)=O. The van der Waals surface area contributed by atoms with E-state index in [1.807, 2.05) is 38.1 Å². The molecule has 20 nitrogen and oxygen atoms in total. The lowest BCUT2D eigenvalue weighted by Crippen LogP contribution is -2.60. The summed E-state index contributed by atoms with van der Waals surface area (Å²) in [4.78, 5) is 120. The molecule has 6 amide bonds. The first-order valence-electron chi connectivity index (χ1n) is 27.6. The number of aliphatic hydroxyl groups is 1. The molecule has 1 aliphatic carbocycles. The molecule has 1 aromatic carbocycles. The maximum Gasteiger partial charge on any atom is 0.409 e. The number of aliphatic carboxylic acids is 1. The van der Waals surface area contributed by atoms with Gasteiger partial charge in [-0.05, 0) is 109 Å². The number of unbranched alkanes of at least 4 members (excludes halogenated alkanes) is 1. The molecule has 6 N–H and O–H groups in total. The van der Waals surface area contributed by atoms with Crippen molar-refractivity contribution in [3.63, 3.8) is 0 Å². The molecule has 3 heterocycles. The predicted octanol–water partition coefficient (Wildman–Crippen LogP) is 6.09. The van der Waals surface area contributed by atoms with E-state index >= 15 is 0 Å². The highest BCUT2D eigenvalue weighted by atomic mass is 35.5. The second kappa shape index (κ2) is 28.8. The number of allylic oxidation sites excluding steroid dienone is 3. The number of anilines is 1. The van der Waals surface area contributed by atoms with E-state index in [0.717, 1.165) is 28.5 Å². The van der Waals surface area contributed by atoms with Crippen molar-refractivity contribution in [2.24, 2.45) is 23.7 Å². The molecule has 0 spiro atoms. The van der Waals surface area contributed by atoms with E-state index in [1.165, 1.54) is 30.7 Å². The number of ether oxygens (including phenoxy) is 3. The van der Waals surface area contributed by atoms with E-state index < -0.39 is 101 Å². The van der Waals surface area contributed by atoms with Gasteiger partial charge in [-0.2, -0.15) is 0 Å². The summed E-state index contributed by atoms with van der Waals surface area (Å²) in [6, 6.07) is 2.07. The third-order valence-electron chi connectivity index (χ3n) is 16.1. The molecule has 0 aromatic heterocycles. The number of carboxylic acids is 1. The molecule has 79 heavy (non-hydrogen) atoms. The highest BCUT2D eigenvalue weighted by molar-refractivity contribution is 8.00. The van der Waals surface area contributed by atoms with Crippen molar-refractivity contribution >= 4 is 82.4 Å². The zero-order valence-electron chi connectivity index (χ0n) is 47.4. The van der Waals surface area contributed by atoms with Crippen LogP contribution in [-0.2, 0) is 59.0 Å². The Hall–Kier alpha value is -5.51. The summed E-state index contributed by atoms with van der Waals surface area (Å²) >= 11 is 7.85. The Balaban J connectivity index is 1.17. The van der Waals surface area contributed by atoms with Crippen LogP contribution in [0.3, 0.4) is 0 Å². The Labute approximate surface area is 473 Å². The van der Waals surface area contributed by atoms with Gasteiger partial charge in [0.25, 0.3) is 0 Å². The van der Waals surface area contributed by atoms with Gasteiger partial charge in [0.05, 0.1) is 40.9 Å². The lowest BCUT2D eigenvalue weighted by molar-refractivity contribution is -0.162. The molecule has 3 fully saturated rings. The summed E-state index contributed by atoms with van der Waals surface area (Å²) in [5, 5.41) is 32.0. The normalized spacial score (nSPS) is 28.4. The fraction of sp³-hybridized carbons (Fsp3) is 0.667. The van der Waals surface area contributed by atoms with Gasteiger partial charge in [0.2, 0.25) is 29.5 Å². The minimum atomic E-state index is -1.67. The molecule has 3 aliphatic heterocycles. The quantitative estimate of drug-likeness (QED) is 0.0461. The highest BCUT2D eigenvalue weighted by Crippen LogP contribution is 2.49. The number of rotatable bonds is 21. The molecule has 0 radical (unpaired) electrons. The average molecular weight is 1140 g/mol. The fourth-order valence-electron chi connectivity index (χ4n) is 10.5. The first-order valence-corrected chi connectivity index (χ1v) is 29.0. The van der Waals surface area contributed by atoms with Crippen LogP contribution in [0.2, 0.25) is 5.02 Å². The van der Waals surface area contributed by atoms with Gasteiger partial charge < -0.3 is 50.2 Å². The first kappa shape index (κ1) is 64.3. The number of carbonyl (C=O) groups is 9. The number of esters is 1. The van der Waals surface area contributed by atoms with Crippen LogP contribution in [0.4, 0.5) is 10.5 Å². The number of benzene rings is 1. The van der Waals surface area contributed by atoms with Crippen LogP contribution in [0.25, 0.3) is 0 Å². The fourth-order valence-corrected chi connectivity index (χ4v) is 11.8. The summed E-state index contributed by atoms with van der Waals surface area (Å²) in [6.45, 7) is 14.5. The van der Waals surface area contributed by atoms with Crippen LogP contribution in [-0.4, -0.2) is 148 Å². The van der Waals surface area contributed by atoms with Gasteiger partial charge in [-0.15, -0.1) is 11.8 Å². The smallest absolute Gasteiger partial charge is 0.409 e. The van der Waals surface area contributed by atoms with E-state index in [0.29, 0.717) is 81.6 Å². The third-order valence-corrected chi connectivity index (χ3v) is 17.8. The second-order valence-corrected chi connectivity index (χ2v) is 23.9. The largest absolute Gasteiger partial charge is 0.481 e. The number of alkyl carbamates (subject to hydrolysis) is 1. The number of halogens is 1. The summed E-state index contributed by atoms with van der Waals surface area (Å²) in [5.74, 6) is -4.90. The molecule has 10 atom stereocenters. The number of carboxylic acid groups (broad SMARTS) is 1. The predicted molar refractivity (Wildman–Crippen MR) is 299 cm³/mol. The van der Waals surface area contributed by atoms with Gasteiger partial charge in [-0.1, -0.05) is 62.2 Å². The van der Waals surface area contributed by atoms with Crippen molar-refractivity contribution in [2.75, 3.05) is 37.8 Å². The summed E-state index contributed by atoms with van der Waals surface area (Å²) < 4.78 is 18.2. The maximum absolute atomic E-state index is 14.3. The number of amides is 6. The minimum absolute atomic E-state index is 0.00735. The molecule has 22 heteroatoms. The van der Waals surface area contributed by atoms with Gasteiger partial charge in [-0.25, -0.2) is 9.59 Å². The third kappa shape index (κ3) is 17.7. The zero-order chi connectivity index (χ0) is 58.5. The van der Waals surface area contributed by atoms with Crippen LogP contribution in [0, 0.1) is 30.6 Å². The van der Waals surface area contributed by atoms with Crippen molar-refractivity contribution < 1.29 is 67.6 Å². The van der Waals surface area contributed by atoms with Gasteiger partial charge >= 0.3 is 18.0 Å². The monoisotopic (exact) mass is 1140 g/mol. The van der Waals surface area contributed by atoms with Gasteiger partial charge in [0.15, 0.2) is 5.78 Å². The van der Waals surface area contributed by atoms with Gasteiger partial charge in [-0.3, -0.25) is 38.9 Å². The van der Waals surface area contributed by atoms with Crippen molar-refractivity contribution in [3.05, 3.63) is 52.1 Å². The molecule has 2 saturated heterocycles. The minimum Gasteiger partial charge on any atom is -0.481 e. The van der Waals surface area contributed by atoms with Crippen molar-refractivity contribution in [2.45, 2.75) is 186 Å². The number of hydrogen-bond donors (Lipinski definition) is 6. The Morgan fingerprint density at radius 3 is 2.41 bits per heavy atom. The summed E-state index contributed by atoms with van der Waals surface area (Å²) in [5.41, 5.74) is 0.107. The first-order chi connectivity index (χ1) is 37.2. The number of nitrogens with zero attached hydrogens (tertiary/aromatic N) is 2. The van der Waals surface area contributed by atoms with E-state index in [4.69, 9.17) is 25.8 Å². The van der Waals surface area contributed by atoms with Crippen molar-refractivity contribution in [1.82, 2.24) is 26.2 Å². The van der Waals surface area contributed by atoms with Crippen molar-refractivity contribution in [1.29, 1.82) is 0 Å². The Morgan fingerprint density at radius 1 is 1.05 bits per heavy atom. The number of carbonyl (C=O) groups excluding carboxylic acids is 8. The van der Waals surface area contributed by atoms with Crippen molar-refractivity contribution in [3.8, 4) is 0 Å². The number of Topliss-reactive ketones (excluding diaryl/α,β-unsaturated/α-hetero) is 1. The maximum atomic E-state index is 14.3. The number of ketones is 1. The number of nitrogens with one attached hydrogen (secondary N) is 4. The number of fused-ring (bicyclic) bond motifs is 5. The number of likely N-dealkylation sites (N-methyl/N-ethyl adjacent to an activating group) is 1. The van der Waals surface area contributed by atoms with Crippen LogP contribution >= 0.6 is 23.4 Å². The standard InChI is InChI=1S/C57H83ClN6O14S/c1-11-46(66)61-41(37(7)65)17-12-13-23-59-52(71)40-20-18-38(19-21-40)31-60-53(72)44(28-49(69)70)79-24-22-47(67)63(9)36(6)54(73)77-45-29-48(68)64(10)42-27-39(26-33(3)50(42)58)25-32(2)15-14-16-34(4)57(75)30-43(76-55(74)62-57)35(5)51-56(45,8)78-51/h14-16,26-27,34-36,38,40-41,43-45,51,75H,11-13,17-25,28-31H2,1-10H3,(H,59,71)(H,60,72)(H,61,66)(H,62,74)(H,69,70)/b16-14+,32-15+/t34-,35-,36+,38?,40?,41?,43?,44?,45+,51+,56+,57+/m1/s1. The van der Waals surface area contributed by atoms with Crippen LogP contribution in [0.5, 0.6) is 0 Å². The molecule has 438 valence electrons. The summed E-state index contributed by atoms with van der Waals surface area (Å²) in [6.07, 6.45) is 6.26. The van der Waals surface area contributed by atoms with Gasteiger partial charge in [0, 0.05) is 70.0 Å². The molecular formula is C57H83ClN6O14S. The second-order valence-electron chi connectivity index (χ2n) is 22.2. The summed E-state index contributed by atoms with van der Waals surface area (Å²) in [7, 11) is 3.01. The average Bonchev–Trinajstić information content (AvgIpc) is 4.23. The molecule has 5 rings (SSSR count). The number of hydrogen-bond acceptors (Lipinski definition) is 14. The topological polar surface area (TPSA) is 280 Å². The number of aryl methyl sites for hydroxylation is 1. The molecular weight excluding hydrogens is 1060 g/mol. The number of thioether (sulfide) groups is 1. The molecule has 3 unspecified atom stereocenters. The lowest BCUT2D eigenvalue weighted by atomic mass is 9.81. The highest BCUT2D eigenvalue weighted by Gasteiger charge is 2.64. The number of epoxide rings is 1. The molecule has 4 bridgehead atoms. The van der Waals surface area contributed by atoms with E-state index in [9.17, 15) is 53.4 Å². The van der Waals surface area contributed by atoms with Crippen LogP contribution in [0.15, 0.2) is 35.9 Å². The van der Waals surface area contributed by atoms with Crippen LogP contribution in [0.1, 0.15) is 137 Å². The molecule has 4 aliphatic rings. The molecule has 1 saturated carbocycles. The Kier molecular flexibility index (Phi) is 23.4. The Morgan fingerprint density at radius 2 is 1.75 bits per heavy atom. The molecule has 1 aromatic rings. The van der Waals surface area contributed by atoms with Gasteiger partial charge in [0.1, 0.15) is 29.6 Å². The van der Waals surface area contributed by atoms with E-state index in [-0.39, 0.29) is 54.4 Å².